The zero-order valence-corrected chi connectivity index (χ0v) is 10.4. The van der Waals surface area contributed by atoms with E-state index in [0.29, 0.717) is 5.82 Å². The lowest BCUT2D eigenvalue weighted by Crippen LogP contribution is -2.27. The van der Waals surface area contributed by atoms with E-state index in [4.69, 9.17) is 5.73 Å². The van der Waals surface area contributed by atoms with Crippen LogP contribution in [0.5, 0.6) is 0 Å². The molecule has 0 radical (unpaired) electrons. The molecule has 0 atom stereocenters. The molecule has 2 aromatic rings. The molecule has 90 valence electrons. The fourth-order valence-corrected chi connectivity index (χ4v) is 2.99. The highest BCUT2D eigenvalue weighted by molar-refractivity contribution is 7.99. The van der Waals surface area contributed by atoms with E-state index in [2.05, 4.69) is 14.9 Å². The molecule has 0 spiro atoms. The summed E-state index contributed by atoms with van der Waals surface area (Å²) in [4.78, 5) is 11.1. The topological polar surface area (TPSA) is 59.5 Å². The minimum Gasteiger partial charge on any atom is -0.382 e. The van der Waals surface area contributed by atoms with Gasteiger partial charge in [-0.05, 0) is 12.2 Å². The number of anilines is 2. The SMILES string of the molecule is Nc1cn2ccnc2c(N2CCCSCC2)n1. The summed E-state index contributed by atoms with van der Waals surface area (Å²) in [5, 5.41) is 0. The van der Waals surface area contributed by atoms with Gasteiger partial charge in [0.2, 0.25) is 0 Å². The number of hydrogen-bond donors (Lipinski definition) is 1. The van der Waals surface area contributed by atoms with Crippen molar-refractivity contribution in [3.63, 3.8) is 0 Å². The predicted molar refractivity (Wildman–Crippen MR) is 71.6 cm³/mol. The Bertz CT molecular complexity index is 516. The Morgan fingerprint density at radius 2 is 2.24 bits per heavy atom. The van der Waals surface area contributed by atoms with Gasteiger partial charge in [0.05, 0.1) is 6.20 Å². The van der Waals surface area contributed by atoms with Gasteiger partial charge in [0.1, 0.15) is 5.82 Å². The lowest BCUT2D eigenvalue weighted by Gasteiger charge is -2.21. The Labute approximate surface area is 104 Å². The molecule has 1 aliphatic rings. The van der Waals surface area contributed by atoms with E-state index < -0.39 is 0 Å². The minimum atomic E-state index is 0.544. The van der Waals surface area contributed by atoms with Crippen LogP contribution in [0.2, 0.25) is 0 Å². The van der Waals surface area contributed by atoms with Gasteiger partial charge in [0.25, 0.3) is 0 Å². The van der Waals surface area contributed by atoms with E-state index in [-0.39, 0.29) is 0 Å². The first-order chi connectivity index (χ1) is 8.34. The highest BCUT2D eigenvalue weighted by Crippen LogP contribution is 2.22. The van der Waals surface area contributed by atoms with Gasteiger partial charge < -0.3 is 15.0 Å². The molecule has 6 heteroatoms. The van der Waals surface area contributed by atoms with Gasteiger partial charge in [-0.1, -0.05) is 0 Å². The van der Waals surface area contributed by atoms with Crippen molar-refractivity contribution in [3.8, 4) is 0 Å². The van der Waals surface area contributed by atoms with Crippen LogP contribution in [0.15, 0.2) is 18.6 Å². The molecule has 0 unspecified atom stereocenters. The molecule has 1 fully saturated rings. The van der Waals surface area contributed by atoms with Crippen molar-refractivity contribution in [1.29, 1.82) is 0 Å². The van der Waals surface area contributed by atoms with Crippen molar-refractivity contribution in [3.05, 3.63) is 18.6 Å². The van der Waals surface area contributed by atoms with Crippen LogP contribution in [0.4, 0.5) is 11.6 Å². The van der Waals surface area contributed by atoms with Crippen LogP contribution in [0.1, 0.15) is 6.42 Å². The normalized spacial score (nSPS) is 17.3. The maximum atomic E-state index is 5.84. The van der Waals surface area contributed by atoms with E-state index in [1.54, 1.807) is 12.4 Å². The Morgan fingerprint density at radius 1 is 1.29 bits per heavy atom. The van der Waals surface area contributed by atoms with Crippen molar-refractivity contribution >= 4 is 29.0 Å². The highest BCUT2D eigenvalue weighted by atomic mass is 32.2. The molecular formula is C11H15N5S. The number of thioether (sulfide) groups is 1. The molecule has 0 aromatic carbocycles. The monoisotopic (exact) mass is 249 g/mol. The van der Waals surface area contributed by atoms with Crippen LogP contribution < -0.4 is 10.6 Å². The summed E-state index contributed by atoms with van der Waals surface area (Å²) < 4.78 is 1.94. The summed E-state index contributed by atoms with van der Waals surface area (Å²) >= 11 is 2.00. The van der Waals surface area contributed by atoms with Gasteiger partial charge in [0, 0.05) is 31.2 Å². The molecule has 0 saturated carbocycles. The second-order valence-electron chi connectivity index (χ2n) is 4.10. The number of aromatic nitrogens is 3. The van der Waals surface area contributed by atoms with Gasteiger partial charge in [-0.3, -0.25) is 0 Å². The summed E-state index contributed by atoms with van der Waals surface area (Å²) in [6.45, 7) is 2.05. The molecule has 1 aliphatic heterocycles. The van der Waals surface area contributed by atoms with Crippen LogP contribution >= 0.6 is 11.8 Å². The maximum absolute atomic E-state index is 5.84. The van der Waals surface area contributed by atoms with Gasteiger partial charge >= 0.3 is 0 Å². The summed E-state index contributed by atoms with van der Waals surface area (Å²) in [5.41, 5.74) is 6.73. The first-order valence-corrected chi connectivity index (χ1v) is 6.92. The van der Waals surface area contributed by atoms with Gasteiger partial charge in [0.15, 0.2) is 11.5 Å². The average Bonchev–Trinajstić information content (AvgIpc) is 2.62. The molecule has 0 aliphatic carbocycles. The van der Waals surface area contributed by atoms with Crippen LogP contribution in [-0.2, 0) is 0 Å². The number of fused-ring (bicyclic) bond motifs is 1. The standard InChI is InChI=1S/C11H15N5S/c12-9-8-16-4-2-13-10(16)11(14-9)15-3-1-6-17-7-5-15/h2,4,8H,1,3,5-7,12H2. The maximum Gasteiger partial charge on any atom is 0.180 e. The largest absolute Gasteiger partial charge is 0.382 e. The third-order valence-corrected chi connectivity index (χ3v) is 3.95. The lowest BCUT2D eigenvalue weighted by molar-refractivity contribution is 0.801. The fourth-order valence-electron chi connectivity index (χ4n) is 2.10. The number of hydrogen-bond acceptors (Lipinski definition) is 5. The van der Waals surface area contributed by atoms with Crippen LogP contribution in [0.3, 0.4) is 0 Å². The Morgan fingerprint density at radius 3 is 3.18 bits per heavy atom. The number of nitrogens with zero attached hydrogens (tertiary/aromatic N) is 4. The number of rotatable bonds is 1. The zero-order chi connectivity index (χ0) is 11.7. The second-order valence-corrected chi connectivity index (χ2v) is 5.33. The molecule has 2 aromatic heterocycles. The van der Waals surface area contributed by atoms with Gasteiger partial charge in [-0.15, -0.1) is 0 Å². The van der Waals surface area contributed by atoms with E-state index in [1.807, 2.05) is 22.4 Å². The molecule has 0 bridgehead atoms. The molecule has 3 rings (SSSR count). The molecule has 0 amide bonds. The first-order valence-electron chi connectivity index (χ1n) is 5.76. The predicted octanol–water partition coefficient (Wildman–Crippen LogP) is 1.25. The third kappa shape index (κ3) is 2.04. The van der Waals surface area contributed by atoms with Crippen LogP contribution in [-0.4, -0.2) is 39.0 Å². The summed E-state index contributed by atoms with van der Waals surface area (Å²) in [5.74, 6) is 3.83. The third-order valence-electron chi connectivity index (χ3n) is 2.90. The van der Waals surface area contributed by atoms with Crippen molar-refractivity contribution in [1.82, 2.24) is 14.4 Å². The van der Waals surface area contributed by atoms with E-state index in [0.717, 1.165) is 30.3 Å². The molecule has 17 heavy (non-hydrogen) atoms. The second kappa shape index (κ2) is 4.44. The molecule has 1 saturated heterocycles. The average molecular weight is 249 g/mol. The van der Waals surface area contributed by atoms with Crippen molar-refractivity contribution in [2.75, 3.05) is 35.2 Å². The number of nitrogens with two attached hydrogens (primary N) is 1. The number of imidazole rings is 1. The molecule has 3 heterocycles. The Hall–Kier alpha value is -1.43. The lowest BCUT2D eigenvalue weighted by atomic mass is 10.4. The quantitative estimate of drug-likeness (QED) is 0.824. The van der Waals surface area contributed by atoms with E-state index in [1.165, 1.54) is 12.2 Å². The zero-order valence-electron chi connectivity index (χ0n) is 9.54. The van der Waals surface area contributed by atoms with Gasteiger partial charge in [-0.2, -0.15) is 11.8 Å². The summed E-state index contributed by atoms with van der Waals surface area (Å²) in [7, 11) is 0. The van der Waals surface area contributed by atoms with Crippen molar-refractivity contribution in [2.24, 2.45) is 0 Å². The summed E-state index contributed by atoms with van der Waals surface area (Å²) in [6, 6.07) is 0. The molecule has 5 nitrogen and oxygen atoms in total. The van der Waals surface area contributed by atoms with Crippen molar-refractivity contribution in [2.45, 2.75) is 6.42 Å². The number of nitrogen functional groups attached to an aromatic ring is 1. The van der Waals surface area contributed by atoms with E-state index in [9.17, 15) is 0 Å². The smallest absolute Gasteiger partial charge is 0.180 e. The van der Waals surface area contributed by atoms with E-state index >= 15 is 0 Å². The molecular weight excluding hydrogens is 234 g/mol. The summed E-state index contributed by atoms with van der Waals surface area (Å²) in [6.07, 6.45) is 6.68. The van der Waals surface area contributed by atoms with Crippen LogP contribution in [0.25, 0.3) is 5.65 Å². The van der Waals surface area contributed by atoms with Crippen molar-refractivity contribution < 1.29 is 0 Å². The minimum absolute atomic E-state index is 0.544. The van der Waals surface area contributed by atoms with Gasteiger partial charge in [-0.25, -0.2) is 9.97 Å². The highest BCUT2D eigenvalue weighted by Gasteiger charge is 2.16. The molecule has 2 N–H and O–H groups in total. The first kappa shape index (κ1) is 10.7. The Balaban J connectivity index is 2.05. The fraction of sp³-hybridized carbons (Fsp3) is 0.455. The van der Waals surface area contributed by atoms with Crippen LogP contribution in [0, 0.1) is 0 Å². The Kier molecular flexibility index (Phi) is 2.80.